The quantitative estimate of drug-likeness (QED) is 0.777. The van der Waals surface area contributed by atoms with Crippen LogP contribution in [-0.4, -0.2) is 35.5 Å². The average Bonchev–Trinajstić information content (AvgIpc) is 3.27. The summed E-state index contributed by atoms with van der Waals surface area (Å²) in [6.07, 6.45) is -3.72. The molecule has 0 fully saturated rings. The lowest BCUT2D eigenvalue weighted by molar-refractivity contribution is -0.154. The zero-order valence-electron chi connectivity index (χ0n) is 13.6. The Hall–Kier alpha value is -2.33. The van der Waals surface area contributed by atoms with E-state index in [1.807, 2.05) is 0 Å². The second kappa shape index (κ2) is 8.13. The van der Waals surface area contributed by atoms with Crippen LogP contribution in [0.4, 0.5) is 13.2 Å². The maximum Gasteiger partial charge on any atom is 0.422 e. The second-order valence-corrected chi connectivity index (χ2v) is 7.24. The van der Waals surface area contributed by atoms with Crippen LogP contribution in [0.1, 0.15) is 16.9 Å². The lowest BCUT2D eigenvalue weighted by Crippen LogP contribution is -2.34. The highest BCUT2D eigenvalue weighted by atomic mass is 35.5. The largest absolute Gasteiger partial charge is 0.468 e. The van der Waals surface area contributed by atoms with Crippen LogP contribution in [-0.2, 0) is 16.2 Å². The summed E-state index contributed by atoms with van der Waals surface area (Å²) in [7, 11) is 0. The van der Waals surface area contributed by atoms with Gasteiger partial charge in [0.15, 0.2) is 6.61 Å². The molecule has 6 nitrogen and oxygen atoms in total. The summed E-state index contributed by atoms with van der Waals surface area (Å²) in [4.78, 5) is 22.0. The topological polar surface area (TPSA) is 72.8 Å². The number of pyridine rings is 1. The highest BCUT2D eigenvalue weighted by molar-refractivity contribution is 7.18. The maximum absolute atomic E-state index is 12.3. The fraction of sp³-hybridized carbons (Fsp3) is 0.312. The van der Waals surface area contributed by atoms with Crippen molar-refractivity contribution >= 4 is 34.6 Å². The molecule has 0 aliphatic carbocycles. The van der Waals surface area contributed by atoms with Crippen LogP contribution >= 0.6 is 22.9 Å². The molecule has 0 radical (unpaired) electrons. The number of nitrogens with one attached hydrogen (secondary N) is 1. The molecule has 11 heteroatoms. The standard InChI is InChI=1S/C16H13ClF3N3O3S/c17-13-4-3-12(27-13)10-6-11(26-23-10)14(24)22-7-9-2-1-5-21-15(9)25-8-16(18,19)20/h1-5,11H,6-8H2,(H,22,24). The molecule has 144 valence electrons. The number of carbonyl (C=O) groups excluding carboxylic acids is 1. The van der Waals surface area contributed by atoms with Gasteiger partial charge in [-0.25, -0.2) is 4.98 Å². The Kier molecular flexibility index (Phi) is 5.85. The Morgan fingerprint density at radius 1 is 1.41 bits per heavy atom. The molecule has 1 atom stereocenters. The molecule has 1 N–H and O–H groups in total. The average molecular weight is 420 g/mol. The number of carbonyl (C=O) groups is 1. The first-order valence-electron chi connectivity index (χ1n) is 7.71. The summed E-state index contributed by atoms with van der Waals surface area (Å²) in [6, 6.07) is 6.57. The van der Waals surface area contributed by atoms with Gasteiger partial charge in [0.1, 0.15) is 5.71 Å². The molecule has 1 unspecified atom stereocenters. The third kappa shape index (κ3) is 5.33. The number of hydrogen-bond acceptors (Lipinski definition) is 6. The highest BCUT2D eigenvalue weighted by Gasteiger charge is 2.30. The van der Waals surface area contributed by atoms with Crippen molar-refractivity contribution in [3.05, 3.63) is 45.2 Å². The van der Waals surface area contributed by atoms with E-state index in [0.29, 0.717) is 15.6 Å². The van der Waals surface area contributed by atoms with Gasteiger partial charge in [-0.1, -0.05) is 22.8 Å². The number of rotatable bonds is 6. The second-order valence-electron chi connectivity index (χ2n) is 5.53. The molecule has 1 aliphatic heterocycles. The van der Waals surface area contributed by atoms with Gasteiger partial charge in [0.25, 0.3) is 5.91 Å². The lowest BCUT2D eigenvalue weighted by atomic mass is 10.1. The SMILES string of the molecule is O=C(NCc1cccnc1OCC(F)(F)F)C1CC(c2ccc(Cl)s2)=NO1. The van der Waals surface area contributed by atoms with E-state index >= 15 is 0 Å². The van der Waals surface area contributed by atoms with E-state index in [9.17, 15) is 18.0 Å². The van der Waals surface area contributed by atoms with Gasteiger partial charge in [0.2, 0.25) is 12.0 Å². The molecule has 0 bridgehead atoms. The zero-order chi connectivity index (χ0) is 19.4. The van der Waals surface area contributed by atoms with E-state index in [4.69, 9.17) is 16.4 Å². The number of nitrogens with zero attached hydrogens (tertiary/aromatic N) is 2. The first-order chi connectivity index (χ1) is 12.8. The Morgan fingerprint density at radius 3 is 2.93 bits per heavy atom. The van der Waals surface area contributed by atoms with Crippen molar-refractivity contribution in [3.8, 4) is 5.88 Å². The molecular formula is C16H13ClF3N3O3S. The molecule has 2 aromatic heterocycles. The van der Waals surface area contributed by atoms with Crippen molar-refractivity contribution < 1.29 is 27.5 Å². The molecular weight excluding hydrogens is 407 g/mol. The number of thiophene rings is 1. The van der Waals surface area contributed by atoms with Gasteiger partial charge in [-0.15, -0.1) is 11.3 Å². The van der Waals surface area contributed by atoms with E-state index in [0.717, 1.165) is 4.88 Å². The molecule has 0 aromatic carbocycles. The van der Waals surface area contributed by atoms with Crippen LogP contribution in [0.3, 0.4) is 0 Å². The molecule has 0 saturated heterocycles. The Bertz CT molecular complexity index is 857. The van der Waals surface area contributed by atoms with E-state index < -0.39 is 24.8 Å². The van der Waals surface area contributed by atoms with Gasteiger partial charge >= 0.3 is 6.18 Å². The van der Waals surface area contributed by atoms with Gasteiger partial charge in [0.05, 0.1) is 9.21 Å². The van der Waals surface area contributed by atoms with Crippen LogP contribution in [0.15, 0.2) is 35.6 Å². The minimum Gasteiger partial charge on any atom is -0.468 e. The summed E-state index contributed by atoms with van der Waals surface area (Å²) in [5.74, 6) is -0.630. The summed E-state index contributed by atoms with van der Waals surface area (Å²) in [6.45, 7) is -1.52. The minimum atomic E-state index is -4.48. The van der Waals surface area contributed by atoms with Crippen molar-refractivity contribution in [2.75, 3.05) is 6.61 Å². The Labute approximate surface area is 160 Å². The normalized spacial score (nSPS) is 16.6. The van der Waals surface area contributed by atoms with Gasteiger partial charge in [-0.2, -0.15) is 13.2 Å². The summed E-state index contributed by atoms with van der Waals surface area (Å²) in [5, 5.41) is 6.49. The number of halogens is 4. The number of ether oxygens (including phenoxy) is 1. The van der Waals surface area contributed by atoms with E-state index in [-0.39, 0.29) is 18.8 Å². The smallest absolute Gasteiger partial charge is 0.422 e. The number of oxime groups is 1. The predicted molar refractivity (Wildman–Crippen MR) is 93.0 cm³/mol. The van der Waals surface area contributed by atoms with Crippen LogP contribution in [0.2, 0.25) is 4.34 Å². The van der Waals surface area contributed by atoms with Gasteiger partial charge < -0.3 is 14.9 Å². The highest BCUT2D eigenvalue weighted by Crippen LogP contribution is 2.26. The van der Waals surface area contributed by atoms with Gasteiger partial charge in [0, 0.05) is 24.7 Å². The number of hydrogen-bond donors (Lipinski definition) is 1. The molecule has 1 aliphatic rings. The lowest BCUT2D eigenvalue weighted by Gasteiger charge is -2.13. The number of aromatic nitrogens is 1. The predicted octanol–water partition coefficient (Wildman–Crippen LogP) is 3.55. The third-order valence-corrected chi connectivity index (χ3v) is 4.77. The van der Waals surface area contributed by atoms with E-state index in [2.05, 4.69) is 20.2 Å². The number of alkyl halides is 3. The van der Waals surface area contributed by atoms with E-state index in [1.54, 1.807) is 12.1 Å². The maximum atomic E-state index is 12.3. The molecule has 2 aromatic rings. The summed E-state index contributed by atoms with van der Waals surface area (Å²) < 4.78 is 42.2. The van der Waals surface area contributed by atoms with Crippen LogP contribution in [0.25, 0.3) is 0 Å². The van der Waals surface area contributed by atoms with Crippen molar-refractivity contribution in [3.63, 3.8) is 0 Å². The molecule has 27 heavy (non-hydrogen) atoms. The van der Waals surface area contributed by atoms with Crippen LogP contribution < -0.4 is 10.1 Å². The molecule has 3 rings (SSSR count). The third-order valence-electron chi connectivity index (χ3n) is 3.49. The summed E-state index contributed by atoms with van der Waals surface area (Å²) in [5.41, 5.74) is 0.932. The van der Waals surface area contributed by atoms with Crippen molar-refractivity contribution in [1.82, 2.24) is 10.3 Å². The monoisotopic (exact) mass is 419 g/mol. The van der Waals surface area contributed by atoms with Crippen molar-refractivity contribution in [1.29, 1.82) is 0 Å². The molecule has 1 amide bonds. The molecule has 0 saturated carbocycles. The van der Waals surface area contributed by atoms with Gasteiger partial charge in [-0.3, -0.25) is 4.79 Å². The van der Waals surface area contributed by atoms with E-state index in [1.165, 1.54) is 29.7 Å². The van der Waals surface area contributed by atoms with Crippen LogP contribution in [0, 0.1) is 0 Å². The van der Waals surface area contributed by atoms with Crippen molar-refractivity contribution in [2.45, 2.75) is 25.2 Å². The zero-order valence-corrected chi connectivity index (χ0v) is 15.2. The molecule has 3 heterocycles. The molecule has 0 spiro atoms. The fourth-order valence-electron chi connectivity index (χ4n) is 2.27. The minimum absolute atomic E-state index is 0.0557. The first kappa shape index (κ1) is 19.4. The Morgan fingerprint density at radius 2 is 2.22 bits per heavy atom. The van der Waals surface area contributed by atoms with Crippen molar-refractivity contribution in [2.24, 2.45) is 5.16 Å². The van der Waals surface area contributed by atoms with Crippen LogP contribution in [0.5, 0.6) is 5.88 Å². The first-order valence-corrected chi connectivity index (χ1v) is 8.91. The van der Waals surface area contributed by atoms with Gasteiger partial charge in [-0.05, 0) is 18.2 Å². The fourth-order valence-corrected chi connectivity index (χ4v) is 3.30. The Balaban J connectivity index is 1.54. The number of amides is 1. The summed E-state index contributed by atoms with van der Waals surface area (Å²) >= 11 is 7.20.